The molecule has 1 saturated heterocycles. The summed E-state index contributed by atoms with van der Waals surface area (Å²) < 4.78 is 11.1. The molecule has 1 fully saturated rings. The molecule has 1 N–H and O–H groups in total. The number of ether oxygens (including phenoxy) is 2. The summed E-state index contributed by atoms with van der Waals surface area (Å²) in [6, 6.07) is 17.0. The molecule has 0 unspecified atom stereocenters. The van der Waals surface area contributed by atoms with Crippen LogP contribution in [0.2, 0.25) is 0 Å². The summed E-state index contributed by atoms with van der Waals surface area (Å²) in [5, 5.41) is 11.8. The van der Waals surface area contributed by atoms with Gasteiger partial charge in [0, 0.05) is 0 Å². The van der Waals surface area contributed by atoms with Gasteiger partial charge in [-0.2, -0.15) is 5.26 Å². The third-order valence-electron chi connectivity index (χ3n) is 4.77. The van der Waals surface area contributed by atoms with Gasteiger partial charge < -0.3 is 14.8 Å². The van der Waals surface area contributed by atoms with Gasteiger partial charge in [-0.05, 0) is 62.6 Å². The van der Waals surface area contributed by atoms with E-state index in [9.17, 15) is 9.59 Å². The quantitative estimate of drug-likeness (QED) is 0.737. The fourth-order valence-corrected chi connectivity index (χ4v) is 3.38. The van der Waals surface area contributed by atoms with Crippen LogP contribution in [0.3, 0.4) is 0 Å². The topological polar surface area (TPSA) is 88.4 Å². The Kier molecular flexibility index (Phi) is 6.41. The van der Waals surface area contributed by atoms with Crippen LogP contribution in [0, 0.1) is 17.2 Å². The summed E-state index contributed by atoms with van der Waals surface area (Å²) >= 11 is 0. The average molecular weight is 406 g/mol. The molecule has 0 radical (unpaired) electrons. The normalized spacial score (nSPS) is 18.4. The van der Waals surface area contributed by atoms with Crippen molar-refractivity contribution < 1.29 is 19.1 Å². The van der Waals surface area contributed by atoms with E-state index in [-0.39, 0.29) is 30.3 Å². The Morgan fingerprint density at radius 3 is 2.27 bits per heavy atom. The maximum absolute atomic E-state index is 12.1. The number of amides is 1. The molecule has 0 saturated carbocycles. The van der Waals surface area contributed by atoms with Crippen LogP contribution in [0.15, 0.2) is 48.5 Å². The van der Waals surface area contributed by atoms with Crippen molar-refractivity contribution in [2.75, 3.05) is 6.61 Å². The number of carbonyl (C=O) groups excluding carboxylic acids is 2. The van der Waals surface area contributed by atoms with Crippen molar-refractivity contribution in [1.29, 1.82) is 5.26 Å². The minimum atomic E-state index is -0.557. The van der Waals surface area contributed by atoms with E-state index in [1.165, 1.54) is 0 Å². The molecular weight excluding hydrogens is 380 g/mol. The third kappa shape index (κ3) is 5.84. The van der Waals surface area contributed by atoms with E-state index in [0.29, 0.717) is 24.3 Å². The number of carbonyl (C=O) groups is 2. The summed E-state index contributed by atoms with van der Waals surface area (Å²) in [4.78, 5) is 24.1. The van der Waals surface area contributed by atoms with E-state index < -0.39 is 5.60 Å². The molecule has 1 aliphatic heterocycles. The Morgan fingerprint density at radius 1 is 1.10 bits per heavy atom. The molecule has 1 aliphatic rings. The summed E-state index contributed by atoms with van der Waals surface area (Å²) in [5.74, 6) is -0.169. The van der Waals surface area contributed by atoms with E-state index in [4.69, 9.17) is 14.7 Å². The number of nitrogens with one attached hydrogen (secondary N) is 1. The van der Waals surface area contributed by atoms with Crippen LogP contribution < -0.4 is 10.1 Å². The number of rotatable bonds is 6. The smallest absolute Gasteiger partial charge is 0.307 e. The zero-order valence-corrected chi connectivity index (χ0v) is 17.5. The molecule has 2 aromatic carbocycles. The maximum Gasteiger partial charge on any atom is 0.307 e. The molecule has 1 heterocycles. The summed E-state index contributed by atoms with van der Waals surface area (Å²) in [6.45, 7) is 5.77. The lowest BCUT2D eigenvalue weighted by Gasteiger charge is -2.20. The number of nitriles is 1. The zero-order valence-electron chi connectivity index (χ0n) is 17.5. The average Bonchev–Trinajstić information content (AvgIpc) is 3.04. The monoisotopic (exact) mass is 406 g/mol. The SMILES string of the molecule is CC(C)(C)OC(=O)C[C@@H]1C[C@@H](COc2ccc(-c3ccc(C#N)cc3)cc2)NC1=O. The van der Waals surface area contributed by atoms with Gasteiger partial charge in [0.1, 0.15) is 18.0 Å². The van der Waals surface area contributed by atoms with E-state index in [1.807, 2.05) is 57.2 Å². The number of benzene rings is 2. The molecule has 156 valence electrons. The molecule has 2 atom stereocenters. The van der Waals surface area contributed by atoms with E-state index in [2.05, 4.69) is 11.4 Å². The first-order valence-electron chi connectivity index (χ1n) is 9.99. The van der Waals surface area contributed by atoms with Gasteiger partial charge in [0.2, 0.25) is 5.91 Å². The highest BCUT2D eigenvalue weighted by molar-refractivity contribution is 5.85. The van der Waals surface area contributed by atoms with Gasteiger partial charge in [-0.25, -0.2) is 0 Å². The molecule has 6 heteroatoms. The molecule has 0 aromatic heterocycles. The molecular formula is C24H26N2O4. The molecule has 1 amide bonds. The van der Waals surface area contributed by atoms with Gasteiger partial charge in [-0.15, -0.1) is 0 Å². The van der Waals surface area contributed by atoms with Crippen LogP contribution in [-0.4, -0.2) is 30.1 Å². The first-order chi connectivity index (χ1) is 14.2. The van der Waals surface area contributed by atoms with Crippen molar-refractivity contribution in [3.8, 4) is 22.9 Å². The summed E-state index contributed by atoms with van der Waals surface area (Å²) in [6.07, 6.45) is 0.625. The Bertz CT molecular complexity index is 937. The second-order valence-corrected chi connectivity index (χ2v) is 8.45. The molecule has 0 aliphatic carbocycles. The first kappa shape index (κ1) is 21.4. The second kappa shape index (κ2) is 9.00. The van der Waals surface area contributed by atoms with Gasteiger partial charge in [-0.1, -0.05) is 24.3 Å². The van der Waals surface area contributed by atoms with E-state index >= 15 is 0 Å². The third-order valence-corrected chi connectivity index (χ3v) is 4.77. The van der Waals surface area contributed by atoms with Gasteiger partial charge in [-0.3, -0.25) is 9.59 Å². The fourth-order valence-electron chi connectivity index (χ4n) is 3.38. The Hall–Kier alpha value is -3.33. The van der Waals surface area contributed by atoms with Crippen molar-refractivity contribution >= 4 is 11.9 Å². The van der Waals surface area contributed by atoms with Crippen LogP contribution >= 0.6 is 0 Å². The van der Waals surface area contributed by atoms with Crippen molar-refractivity contribution in [1.82, 2.24) is 5.32 Å². The number of hydrogen-bond acceptors (Lipinski definition) is 5. The van der Waals surface area contributed by atoms with Crippen LogP contribution in [0.4, 0.5) is 0 Å². The largest absolute Gasteiger partial charge is 0.491 e. The predicted octanol–water partition coefficient (Wildman–Crippen LogP) is 3.84. The van der Waals surface area contributed by atoms with Crippen molar-refractivity contribution in [2.45, 2.75) is 45.3 Å². The lowest BCUT2D eigenvalue weighted by Crippen LogP contribution is -2.31. The molecule has 30 heavy (non-hydrogen) atoms. The predicted molar refractivity (Wildman–Crippen MR) is 113 cm³/mol. The van der Waals surface area contributed by atoms with Crippen LogP contribution in [0.1, 0.15) is 39.2 Å². The lowest BCUT2D eigenvalue weighted by atomic mass is 10.0. The van der Waals surface area contributed by atoms with Crippen LogP contribution in [-0.2, 0) is 14.3 Å². The summed E-state index contributed by atoms with van der Waals surface area (Å²) in [5.41, 5.74) is 2.12. The minimum absolute atomic E-state index is 0.0822. The zero-order chi connectivity index (χ0) is 21.7. The minimum Gasteiger partial charge on any atom is -0.491 e. The summed E-state index contributed by atoms with van der Waals surface area (Å²) in [7, 11) is 0. The number of nitrogens with zero attached hydrogens (tertiary/aromatic N) is 1. The standard InChI is InChI=1S/C24H26N2O4/c1-24(2,3)30-22(27)13-19-12-20(26-23(19)28)15-29-21-10-8-18(9-11-21)17-6-4-16(14-25)5-7-17/h4-11,19-20H,12-13,15H2,1-3H3,(H,26,28)/t19-,20-/m0/s1. The molecule has 2 aromatic rings. The lowest BCUT2D eigenvalue weighted by molar-refractivity contribution is -0.156. The Balaban J connectivity index is 1.50. The second-order valence-electron chi connectivity index (χ2n) is 8.45. The highest BCUT2D eigenvalue weighted by Gasteiger charge is 2.35. The molecule has 3 rings (SSSR count). The molecule has 0 spiro atoms. The molecule has 6 nitrogen and oxygen atoms in total. The number of esters is 1. The highest BCUT2D eigenvalue weighted by atomic mass is 16.6. The van der Waals surface area contributed by atoms with Crippen LogP contribution in [0.5, 0.6) is 5.75 Å². The van der Waals surface area contributed by atoms with Crippen molar-refractivity contribution in [3.05, 3.63) is 54.1 Å². The Morgan fingerprint density at radius 2 is 1.70 bits per heavy atom. The maximum atomic E-state index is 12.1. The van der Waals surface area contributed by atoms with Crippen LogP contribution in [0.25, 0.3) is 11.1 Å². The Labute approximate surface area is 176 Å². The van der Waals surface area contributed by atoms with Gasteiger partial charge >= 0.3 is 5.97 Å². The van der Waals surface area contributed by atoms with Crippen molar-refractivity contribution in [3.63, 3.8) is 0 Å². The van der Waals surface area contributed by atoms with Gasteiger partial charge in [0.05, 0.1) is 30.0 Å². The fraction of sp³-hybridized carbons (Fsp3) is 0.375. The van der Waals surface area contributed by atoms with Gasteiger partial charge in [0.15, 0.2) is 0 Å². The number of hydrogen-bond donors (Lipinski definition) is 1. The highest BCUT2D eigenvalue weighted by Crippen LogP contribution is 2.25. The first-order valence-corrected chi connectivity index (χ1v) is 9.99. The van der Waals surface area contributed by atoms with E-state index in [1.54, 1.807) is 12.1 Å². The van der Waals surface area contributed by atoms with Crippen molar-refractivity contribution in [2.24, 2.45) is 5.92 Å². The molecule has 0 bridgehead atoms. The van der Waals surface area contributed by atoms with E-state index in [0.717, 1.165) is 11.1 Å². The van der Waals surface area contributed by atoms with Gasteiger partial charge in [0.25, 0.3) is 0 Å².